The molecular weight excluding hydrogens is 386 g/mol. The predicted molar refractivity (Wildman–Crippen MR) is 109 cm³/mol. The van der Waals surface area contributed by atoms with Crippen molar-refractivity contribution in [2.45, 2.75) is 27.4 Å². The lowest BCUT2D eigenvalue weighted by molar-refractivity contribution is -0.144. The Morgan fingerprint density at radius 2 is 1.90 bits per heavy atom. The summed E-state index contributed by atoms with van der Waals surface area (Å²) in [6, 6.07) is 12.7. The minimum atomic E-state index is -0.610. The maximum Gasteiger partial charge on any atom is 0.325 e. The summed E-state index contributed by atoms with van der Waals surface area (Å²) in [7, 11) is 0. The monoisotopic (exact) mass is 409 g/mol. The zero-order valence-electron chi connectivity index (χ0n) is 17.1. The van der Waals surface area contributed by atoms with Crippen LogP contribution in [0.2, 0.25) is 0 Å². The van der Waals surface area contributed by atoms with Crippen LogP contribution in [0.1, 0.15) is 34.3 Å². The molecule has 8 heteroatoms. The maximum atomic E-state index is 12.2. The van der Waals surface area contributed by atoms with Gasteiger partial charge >= 0.3 is 5.97 Å². The van der Waals surface area contributed by atoms with Crippen molar-refractivity contribution in [1.29, 1.82) is 0 Å². The summed E-state index contributed by atoms with van der Waals surface area (Å²) >= 11 is 0. The molecule has 0 spiro atoms. The second-order valence-corrected chi connectivity index (χ2v) is 6.58. The maximum absolute atomic E-state index is 12.2. The van der Waals surface area contributed by atoms with Crippen LogP contribution < -0.4 is 10.1 Å². The van der Waals surface area contributed by atoms with Gasteiger partial charge in [0.05, 0.1) is 12.2 Å². The van der Waals surface area contributed by atoms with E-state index in [9.17, 15) is 9.59 Å². The Bertz CT molecular complexity index is 1040. The lowest BCUT2D eigenvalue weighted by Gasteiger charge is -2.07. The normalized spacial score (nSPS) is 10.5. The third kappa shape index (κ3) is 5.22. The van der Waals surface area contributed by atoms with Gasteiger partial charge in [-0.3, -0.25) is 9.59 Å². The second kappa shape index (κ2) is 9.69. The molecule has 1 N–H and O–H groups in total. The molecule has 0 fully saturated rings. The molecule has 3 rings (SSSR count). The number of aromatic nitrogens is 2. The third-order valence-electron chi connectivity index (χ3n) is 4.41. The summed E-state index contributed by atoms with van der Waals surface area (Å²) in [5.41, 5.74) is 3.26. The van der Waals surface area contributed by atoms with E-state index in [4.69, 9.17) is 14.0 Å². The van der Waals surface area contributed by atoms with Crippen LogP contribution in [0.15, 0.2) is 47.0 Å². The van der Waals surface area contributed by atoms with Crippen LogP contribution in [0.4, 0.5) is 0 Å². The first-order chi connectivity index (χ1) is 14.5. The number of nitrogens with one attached hydrogen (secondary N) is 1. The van der Waals surface area contributed by atoms with Crippen LogP contribution in [0.25, 0.3) is 11.4 Å². The summed E-state index contributed by atoms with van der Waals surface area (Å²) in [4.78, 5) is 28.3. The number of para-hydroxylation sites is 1. The fourth-order valence-corrected chi connectivity index (χ4v) is 2.69. The first-order valence-electron chi connectivity index (χ1n) is 9.53. The van der Waals surface area contributed by atoms with Crippen LogP contribution >= 0.6 is 0 Å². The fourth-order valence-electron chi connectivity index (χ4n) is 2.69. The van der Waals surface area contributed by atoms with Crippen LogP contribution in [0, 0.1) is 13.8 Å². The summed E-state index contributed by atoms with van der Waals surface area (Å²) in [5, 5.41) is 6.45. The number of carbonyl (C=O) groups is 2. The molecule has 0 saturated carbocycles. The van der Waals surface area contributed by atoms with Crippen molar-refractivity contribution in [1.82, 2.24) is 15.5 Å². The standard InChI is InChI=1S/C22H23N3O5/c1-4-28-18-8-6-5-7-17(18)21-24-19(30-25-21)13-29-20(26)12-23-22(27)16-10-9-14(2)15(3)11-16/h5-11H,4,12-13H2,1-3H3,(H,23,27). The average Bonchev–Trinajstić information content (AvgIpc) is 3.22. The van der Waals surface area contributed by atoms with Gasteiger partial charge in [-0.05, 0) is 56.2 Å². The molecule has 3 aromatic rings. The first kappa shape index (κ1) is 21.0. The number of benzene rings is 2. The predicted octanol–water partition coefficient (Wildman–Crippen LogP) is 3.23. The van der Waals surface area contributed by atoms with Crippen LogP contribution in [-0.2, 0) is 16.1 Å². The molecule has 0 unspecified atom stereocenters. The van der Waals surface area contributed by atoms with Gasteiger partial charge in [0.2, 0.25) is 5.82 Å². The van der Waals surface area contributed by atoms with E-state index in [2.05, 4.69) is 15.5 Å². The quantitative estimate of drug-likeness (QED) is 0.570. The molecule has 156 valence electrons. The highest BCUT2D eigenvalue weighted by molar-refractivity contribution is 5.96. The average molecular weight is 409 g/mol. The minimum absolute atomic E-state index is 0.144. The van der Waals surface area contributed by atoms with E-state index in [1.54, 1.807) is 12.1 Å². The zero-order valence-corrected chi connectivity index (χ0v) is 17.1. The highest BCUT2D eigenvalue weighted by Gasteiger charge is 2.15. The highest BCUT2D eigenvalue weighted by Crippen LogP contribution is 2.27. The van der Waals surface area contributed by atoms with Gasteiger partial charge in [-0.25, -0.2) is 0 Å². The van der Waals surface area contributed by atoms with Crippen molar-refractivity contribution in [3.63, 3.8) is 0 Å². The highest BCUT2D eigenvalue weighted by atomic mass is 16.6. The molecule has 0 aliphatic carbocycles. The molecule has 0 aliphatic heterocycles. The summed E-state index contributed by atoms with van der Waals surface area (Å²) in [6.45, 7) is 5.82. The molecule has 0 saturated heterocycles. The molecule has 1 heterocycles. The number of esters is 1. The van der Waals surface area contributed by atoms with Crippen molar-refractivity contribution in [2.24, 2.45) is 0 Å². The Morgan fingerprint density at radius 1 is 1.10 bits per heavy atom. The third-order valence-corrected chi connectivity index (χ3v) is 4.41. The van der Waals surface area contributed by atoms with Crippen molar-refractivity contribution in [3.8, 4) is 17.1 Å². The van der Waals surface area contributed by atoms with Gasteiger partial charge in [-0.1, -0.05) is 23.4 Å². The van der Waals surface area contributed by atoms with Gasteiger partial charge in [0, 0.05) is 5.56 Å². The van der Waals surface area contributed by atoms with Gasteiger partial charge in [-0.2, -0.15) is 4.98 Å². The van der Waals surface area contributed by atoms with E-state index in [1.807, 2.05) is 51.1 Å². The molecule has 8 nitrogen and oxygen atoms in total. The van der Waals surface area contributed by atoms with Crippen LogP contribution in [0.5, 0.6) is 5.75 Å². The second-order valence-electron chi connectivity index (χ2n) is 6.58. The first-order valence-corrected chi connectivity index (χ1v) is 9.53. The number of rotatable bonds is 8. The van der Waals surface area contributed by atoms with E-state index < -0.39 is 5.97 Å². The van der Waals surface area contributed by atoms with Crippen molar-refractivity contribution in [3.05, 3.63) is 65.0 Å². The number of ether oxygens (including phenoxy) is 2. The number of hydrogen-bond donors (Lipinski definition) is 1. The number of hydrogen-bond acceptors (Lipinski definition) is 7. The van der Waals surface area contributed by atoms with Crippen molar-refractivity contribution in [2.75, 3.05) is 13.2 Å². The zero-order chi connectivity index (χ0) is 21.5. The van der Waals surface area contributed by atoms with Crippen LogP contribution in [0.3, 0.4) is 0 Å². The van der Waals surface area contributed by atoms with E-state index in [0.29, 0.717) is 29.3 Å². The Labute approximate surface area is 174 Å². The summed E-state index contributed by atoms with van der Waals surface area (Å²) < 4.78 is 15.8. The SMILES string of the molecule is CCOc1ccccc1-c1noc(COC(=O)CNC(=O)c2ccc(C)c(C)c2)n1. The van der Waals surface area contributed by atoms with Gasteiger partial charge in [0.1, 0.15) is 12.3 Å². The minimum Gasteiger partial charge on any atom is -0.493 e. The van der Waals surface area contributed by atoms with Crippen LogP contribution in [-0.4, -0.2) is 35.2 Å². The van der Waals surface area contributed by atoms with E-state index in [0.717, 1.165) is 11.1 Å². The summed E-state index contributed by atoms with van der Waals surface area (Å²) in [6.07, 6.45) is 0. The molecule has 30 heavy (non-hydrogen) atoms. The van der Waals surface area contributed by atoms with E-state index in [1.165, 1.54) is 0 Å². The number of carbonyl (C=O) groups excluding carboxylic acids is 2. The summed E-state index contributed by atoms with van der Waals surface area (Å²) in [5.74, 6) is 0.168. The van der Waals surface area contributed by atoms with E-state index in [-0.39, 0.29) is 24.9 Å². The Kier molecular flexibility index (Phi) is 6.79. The molecule has 1 aromatic heterocycles. The van der Waals surface area contributed by atoms with Gasteiger partial charge in [-0.15, -0.1) is 0 Å². The molecule has 0 bridgehead atoms. The van der Waals surface area contributed by atoms with Gasteiger partial charge in [0.15, 0.2) is 6.61 Å². The molecule has 0 aliphatic rings. The number of nitrogens with zero attached hydrogens (tertiary/aromatic N) is 2. The van der Waals surface area contributed by atoms with E-state index >= 15 is 0 Å². The van der Waals surface area contributed by atoms with Crippen molar-refractivity contribution >= 4 is 11.9 Å². The lowest BCUT2D eigenvalue weighted by Crippen LogP contribution is -2.30. The largest absolute Gasteiger partial charge is 0.493 e. The Morgan fingerprint density at radius 3 is 2.67 bits per heavy atom. The van der Waals surface area contributed by atoms with Gasteiger partial charge < -0.3 is 19.3 Å². The Balaban J connectivity index is 1.52. The number of aryl methyl sites for hydroxylation is 2. The smallest absolute Gasteiger partial charge is 0.325 e. The lowest BCUT2D eigenvalue weighted by atomic mass is 10.1. The van der Waals surface area contributed by atoms with Crippen molar-refractivity contribution < 1.29 is 23.6 Å². The molecule has 0 atom stereocenters. The molecule has 1 amide bonds. The fraction of sp³-hybridized carbons (Fsp3) is 0.273. The Hall–Kier alpha value is -3.68. The van der Waals surface area contributed by atoms with Gasteiger partial charge in [0.25, 0.3) is 11.8 Å². The topological polar surface area (TPSA) is 104 Å². The number of amides is 1. The molecular formula is C22H23N3O5. The molecule has 0 radical (unpaired) electrons. The molecule has 2 aromatic carbocycles.